The van der Waals surface area contributed by atoms with Crippen molar-refractivity contribution in [2.75, 3.05) is 0 Å². The van der Waals surface area contributed by atoms with E-state index >= 15 is 0 Å². The first-order valence-electron chi connectivity index (χ1n) is 8.34. The van der Waals surface area contributed by atoms with Gasteiger partial charge < -0.3 is 9.47 Å². The van der Waals surface area contributed by atoms with Gasteiger partial charge in [-0.1, -0.05) is 28.9 Å². The van der Waals surface area contributed by atoms with Crippen molar-refractivity contribution in [1.29, 1.82) is 0 Å². The van der Waals surface area contributed by atoms with Crippen molar-refractivity contribution in [2.45, 2.75) is 57.4 Å². The molecule has 2 unspecified atom stereocenters. The zero-order chi connectivity index (χ0) is 16.6. The number of hydrogen-bond donors (Lipinski definition) is 0. The Morgan fingerprint density at radius 2 is 2.09 bits per heavy atom. The minimum atomic E-state index is -0.0268. The van der Waals surface area contributed by atoms with E-state index in [0.717, 1.165) is 31.3 Å². The van der Waals surface area contributed by atoms with Gasteiger partial charge in [-0.3, -0.25) is 4.79 Å². The largest absolute Gasteiger partial charge is 0.490 e. The summed E-state index contributed by atoms with van der Waals surface area (Å²) in [5.41, 5.74) is 1.67. The molecule has 1 aromatic carbocycles. The van der Waals surface area contributed by atoms with Gasteiger partial charge in [0.2, 0.25) is 5.78 Å². The highest BCUT2D eigenvalue weighted by molar-refractivity contribution is 9.09. The molecule has 124 valence electrons. The molecule has 0 saturated heterocycles. The molecule has 0 N–H and O–H groups in total. The van der Waals surface area contributed by atoms with Crippen LogP contribution in [-0.4, -0.2) is 16.7 Å². The minimum Gasteiger partial charge on any atom is -0.490 e. The molecule has 23 heavy (non-hydrogen) atoms. The second-order valence-electron chi connectivity index (χ2n) is 6.63. The average molecular weight is 379 g/mol. The summed E-state index contributed by atoms with van der Waals surface area (Å²) >= 11 is 3.56. The first kappa shape index (κ1) is 16.6. The van der Waals surface area contributed by atoms with E-state index in [1.807, 2.05) is 32.0 Å². The number of ketones is 1. The predicted octanol–water partition coefficient (Wildman–Crippen LogP) is 5.28. The summed E-state index contributed by atoms with van der Waals surface area (Å²) in [5, 5.41) is 0. The van der Waals surface area contributed by atoms with Crippen LogP contribution in [0.4, 0.5) is 0 Å². The molecular weight excluding hydrogens is 356 g/mol. The lowest BCUT2D eigenvalue weighted by Crippen LogP contribution is -2.14. The molecule has 2 aliphatic rings. The number of carbonyl (C=O) groups excluding carboxylic acids is 1. The van der Waals surface area contributed by atoms with Crippen LogP contribution >= 0.6 is 15.9 Å². The van der Waals surface area contributed by atoms with E-state index in [1.165, 1.54) is 0 Å². The van der Waals surface area contributed by atoms with Crippen LogP contribution in [0, 0.1) is 5.92 Å². The molecule has 0 bridgehead atoms. The van der Waals surface area contributed by atoms with E-state index < -0.39 is 0 Å². The normalized spacial score (nSPS) is 21.5. The first-order valence-corrected chi connectivity index (χ1v) is 9.26. The van der Waals surface area contributed by atoms with E-state index in [9.17, 15) is 4.79 Å². The lowest BCUT2D eigenvalue weighted by molar-refractivity contribution is 0.100. The van der Waals surface area contributed by atoms with Crippen molar-refractivity contribution in [3.63, 3.8) is 0 Å². The number of benzene rings is 1. The van der Waals surface area contributed by atoms with Gasteiger partial charge in [0.1, 0.15) is 17.1 Å². The van der Waals surface area contributed by atoms with Gasteiger partial charge >= 0.3 is 0 Å². The Labute approximate surface area is 146 Å². The summed E-state index contributed by atoms with van der Waals surface area (Å²) in [7, 11) is 0. The zero-order valence-electron chi connectivity index (χ0n) is 13.9. The zero-order valence-corrected chi connectivity index (χ0v) is 15.5. The third-order valence-corrected chi connectivity index (χ3v) is 4.94. The summed E-state index contributed by atoms with van der Waals surface area (Å²) < 4.78 is 11.9. The van der Waals surface area contributed by atoms with Gasteiger partial charge in [0.25, 0.3) is 0 Å². The second-order valence-corrected chi connectivity index (χ2v) is 8.20. The van der Waals surface area contributed by atoms with E-state index in [4.69, 9.17) is 9.47 Å². The molecular formula is C19H23BrO3. The van der Waals surface area contributed by atoms with Crippen LogP contribution in [-0.2, 0) is 0 Å². The van der Waals surface area contributed by atoms with Crippen molar-refractivity contribution in [3.05, 3.63) is 35.1 Å². The van der Waals surface area contributed by atoms with Crippen molar-refractivity contribution >= 4 is 21.7 Å². The molecule has 1 fully saturated rings. The SMILES string of the molecule is CC(=C1Oc2cccc(OC(C)CCC(C)Br)c2C1=O)C1CC1. The number of ether oxygens (including phenoxy) is 2. The Hall–Kier alpha value is -1.29. The molecule has 1 saturated carbocycles. The van der Waals surface area contributed by atoms with Gasteiger partial charge in [-0.25, -0.2) is 0 Å². The summed E-state index contributed by atoms with van der Waals surface area (Å²) in [4.78, 5) is 13.2. The number of carbonyl (C=O) groups is 1. The molecule has 3 nitrogen and oxygen atoms in total. The fourth-order valence-corrected chi connectivity index (χ4v) is 3.15. The Morgan fingerprint density at radius 1 is 1.35 bits per heavy atom. The Kier molecular flexibility index (Phi) is 4.81. The van der Waals surface area contributed by atoms with E-state index in [-0.39, 0.29) is 11.9 Å². The van der Waals surface area contributed by atoms with E-state index in [2.05, 4.69) is 22.9 Å². The monoisotopic (exact) mass is 378 g/mol. The van der Waals surface area contributed by atoms with Crippen molar-refractivity contribution in [3.8, 4) is 11.5 Å². The lowest BCUT2D eigenvalue weighted by atomic mass is 10.0. The summed E-state index contributed by atoms with van der Waals surface area (Å²) in [6, 6.07) is 5.60. The number of hydrogen-bond acceptors (Lipinski definition) is 3. The topological polar surface area (TPSA) is 35.5 Å². The number of alkyl halides is 1. The van der Waals surface area contributed by atoms with Crippen LogP contribution in [0.15, 0.2) is 29.5 Å². The van der Waals surface area contributed by atoms with Crippen molar-refractivity contribution in [2.24, 2.45) is 5.92 Å². The van der Waals surface area contributed by atoms with Gasteiger partial charge in [0.15, 0.2) is 5.76 Å². The van der Waals surface area contributed by atoms with Gasteiger partial charge in [-0.2, -0.15) is 0 Å². The lowest BCUT2D eigenvalue weighted by Gasteiger charge is -2.16. The van der Waals surface area contributed by atoms with Gasteiger partial charge in [0.05, 0.1) is 6.10 Å². The van der Waals surface area contributed by atoms with Crippen molar-refractivity contribution in [1.82, 2.24) is 0 Å². The van der Waals surface area contributed by atoms with Crippen LogP contribution in [0.25, 0.3) is 0 Å². The maximum Gasteiger partial charge on any atom is 0.235 e. The average Bonchev–Trinajstić information content (AvgIpc) is 3.29. The standard InChI is InChI=1S/C19H23BrO3/c1-11(20)7-8-12(2)22-15-5-4-6-16-17(15)18(21)19(23-16)13(3)14-9-10-14/h4-6,11-12,14H,7-10H2,1-3H3. The molecule has 3 rings (SSSR count). The van der Waals surface area contributed by atoms with Crippen LogP contribution in [0.3, 0.4) is 0 Å². The number of rotatable bonds is 6. The Balaban J connectivity index is 1.80. The molecule has 0 amide bonds. The third-order valence-electron chi connectivity index (χ3n) is 4.48. The van der Waals surface area contributed by atoms with Crippen LogP contribution < -0.4 is 9.47 Å². The quantitative estimate of drug-likeness (QED) is 0.499. The number of Topliss-reactive ketones (excluding diaryl/α,β-unsaturated/α-hetero) is 1. The van der Waals surface area contributed by atoms with E-state index in [0.29, 0.717) is 33.6 Å². The summed E-state index contributed by atoms with van der Waals surface area (Å²) in [5.74, 6) is 2.28. The van der Waals surface area contributed by atoms with Crippen LogP contribution in [0.1, 0.15) is 56.8 Å². The van der Waals surface area contributed by atoms with Crippen LogP contribution in [0.2, 0.25) is 0 Å². The number of halogens is 1. The molecule has 4 heteroatoms. The summed E-state index contributed by atoms with van der Waals surface area (Å²) in [6.07, 6.45) is 4.36. The van der Waals surface area contributed by atoms with Gasteiger partial charge in [-0.05, 0) is 63.2 Å². The second kappa shape index (κ2) is 6.68. The maximum atomic E-state index is 12.8. The fourth-order valence-electron chi connectivity index (χ4n) is 2.89. The van der Waals surface area contributed by atoms with Crippen LogP contribution in [0.5, 0.6) is 11.5 Å². The highest BCUT2D eigenvalue weighted by atomic mass is 79.9. The number of fused-ring (bicyclic) bond motifs is 1. The minimum absolute atomic E-state index is 0.0268. The molecule has 1 aromatic rings. The molecule has 0 spiro atoms. The predicted molar refractivity (Wildman–Crippen MR) is 94.5 cm³/mol. The molecule has 0 aromatic heterocycles. The Morgan fingerprint density at radius 3 is 2.74 bits per heavy atom. The molecule has 2 atom stereocenters. The smallest absolute Gasteiger partial charge is 0.235 e. The molecule has 0 radical (unpaired) electrons. The third kappa shape index (κ3) is 3.63. The molecule has 1 aliphatic heterocycles. The van der Waals surface area contributed by atoms with E-state index in [1.54, 1.807) is 0 Å². The first-order chi connectivity index (χ1) is 11.0. The van der Waals surface area contributed by atoms with Crippen molar-refractivity contribution < 1.29 is 14.3 Å². The maximum absolute atomic E-state index is 12.8. The number of allylic oxidation sites excluding steroid dienone is 2. The molecule has 1 heterocycles. The molecule has 1 aliphatic carbocycles. The highest BCUT2D eigenvalue weighted by Gasteiger charge is 2.36. The highest BCUT2D eigenvalue weighted by Crippen LogP contribution is 2.44. The van der Waals surface area contributed by atoms with Gasteiger partial charge in [0, 0.05) is 4.83 Å². The van der Waals surface area contributed by atoms with Gasteiger partial charge in [-0.15, -0.1) is 0 Å². The summed E-state index contributed by atoms with van der Waals surface area (Å²) in [6.45, 7) is 6.18. The fraction of sp³-hybridized carbons (Fsp3) is 0.526. The Bertz CT molecular complexity index is 644.